The second-order valence-electron chi connectivity index (χ2n) is 6.55. The van der Waals surface area contributed by atoms with E-state index in [9.17, 15) is 13.2 Å². The van der Waals surface area contributed by atoms with Crippen molar-refractivity contribution in [1.29, 1.82) is 0 Å². The van der Waals surface area contributed by atoms with Gasteiger partial charge in [0.05, 0.1) is 19.9 Å². The van der Waals surface area contributed by atoms with E-state index in [1.54, 1.807) is 61.7 Å². The molecular formula is C20H22N4O5S. The molecule has 0 saturated heterocycles. The summed E-state index contributed by atoms with van der Waals surface area (Å²) in [6.45, 7) is -0.0388. The molecule has 9 nitrogen and oxygen atoms in total. The summed E-state index contributed by atoms with van der Waals surface area (Å²) in [5.41, 5.74) is 1.28. The minimum absolute atomic E-state index is 0.0388. The Balaban J connectivity index is 1.73. The standard InChI is InChI=1S/C20H22N4O5S/c1-24(30(3,26)27)18(14-7-5-4-6-8-14)20(25)21-13-17-22-19(23-29-17)15-9-11-16(28-2)12-10-15/h4-12,18H,13H2,1-3H3,(H,21,25). The number of nitrogens with zero attached hydrogens (tertiary/aromatic N) is 3. The Morgan fingerprint density at radius 3 is 2.43 bits per heavy atom. The molecule has 0 aliphatic rings. The molecule has 158 valence electrons. The van der Waals surface area contributed by atoms with Gasteiger partial charge in [-0.3, -0.25) is 4.79 Å². The fourth-order valence-electron chi connectivity index (χ4n) is 2.80. The first kappa shape index (κ1) is 21.5. The number of carbonyl (C=O) groups is 1. The fourth-order valence-corrected chi connectivity index (χ4v) is 3.40. The second kappa shape index (κ2) is 9.06. The average molecular weight is 430 g/mol. The molecule has 1 aromatic heterocycles. The van der Waals surface area contributed by atoms with E-state index in [2.05, 4.69) is 15.5 Å². The molecule has 0 spiro atoms. The average Bonchev–Trinajstić information content (AvgIpc) is 3.21. The highest BCUT2D eigenvalue weighted by molar-refractivity contribution is 7.88. The van der Waals surface area contributed by atoms with Gasteiger partial charge in [-0.05, 0) is 29.8 Å². The van der Waals surface area contributed by atoms with Gasteiger partial charge in [-0.15, -0.1) is 0 Å². The summed E-state index contributed by atoms with van der Waals surface area (Å²) < 4.78 is 35.4. The summed E-state index contributed by atoms with van der Waals surface area (Å²) in [4.78, 5) is 17.1. The summed E-state index contributed by atoms with van der Waals surface area (Å²) in [6.07, 6.45) is 1.05. The third kappa shape index (κ3) is 5.02. The molecule has 0 saturated carbocycles. The third-order valence-electron chi connectivity index (χ3n) is 4.48. The van der Waals surface area contributed by atoms with Crippen LogP contribution in [0.15, 0.2) is 59.1 Å². The van der Waals surface area contributed by atoms with Crippen LogP contribution in [-0.4, -0.2) is 49.2 Å². The molecule has 0 radical (unpaired) electrons. The van der Waals surface area contributed by atoms with Crippen molar-refractivity contribution in [3.63, 3.8) is 0 Å². The number of carbonyl (C=O) groups excluding carboxylic acids is 1. The molecule has 1 heterocycles. The summed E-state index contributed by atoms with van der Waals surface area (Å²) in [5.74, 6) is 0.771. The highest BCUT2D eigenvalue weighted by Gasteiger charge is 2.30. The Labute approximate surface area is 174 Å². The summed E-state index contributed by atoms with van der Waals surface area (Å²) in [5, 5.41) is 6.59. The van der Waals surface area contributed by atoms with E-state index in [0.29, 0.717) is 17.1 Å². The zero-order chi connectivity index (χ0) is 21.7. The van der Waals surface area contributed by atoms with E-state index in [-0.39, 0.29) is 12.4 Å². The van der Waals surface area contributed by atoms with Crippen molar-refractivity contribution >= 4 is 15.9 Å². The van der Waals surface area contributed by atoms with Crippen molar-refractivity contribution in [2.24, 2.45) is 0 Å². The van der Waals surface area contributed by atoms with Gasteiger partial charge in [0.2, 0.25) is 27.6 Å². The molecule has 1 N–H and O–H groups in total. The van der Waals surface area contributed by atoms with Crippen LogP contribution in [0.5, 0.6) is 5.75 Å². The van der Waals surface area contributed by atoms with Crippen molar-refractivity contribution in [1.82, 2.24) is 19.8 Å². The predicted molar refractivity (Wildman–Crippen MR) is 110 cm³/mol. The zero-order valence-electron chi connectivity index (χ0n) is 16.8. The van der Waals surface area contributed by atoms with Gasteiger partial charge in [-0.1, -0.05) is 35.5 Å². The van der Waals surface area contributed by atoms with Gasteiger partial charge in [0.25, 0.3) is 0 Å². The highest BCUT2D eigenvalue weighted by atomic mass is 32.2. The smallest absolute Gasteiger partial charge is 0.246 e. The van der Waals surface area contributed by atoms with Gasteiger partial charge in [0.1, 0.15) is 11.8 Å². The highest BCUT2D eigenvalue weighted by Crippen LogP contribution is 2.23. The lowest BCUT2D eigenvalue weighted by Gasteiger charge is -2.25. The van der Waals surface area contributed by atoms with Gasteiger partial charge in [0, 0.05) is 12.6 Å². The molecule has 2 aromatic carbocycles. The van der Waals surface area contributed by atoms with Crippen LogP contribution in [0, 0.1) is 0 Å². The van der Waals surface area contributed by atoms with Gasteiger partial charge in [0.15, 0.2) is 0 Å². The molecule has 0 aliphatic carbocycles. The number of rotatable bonds is 8. The minimum Gasteiger partial charge on any atom is -0.497 e. The number of benzene rings is 2. The van der Waals surface area contributed by atoms with Crippen molar-refractivity contribution in [2.45, 2.75) is 12.6 Å². The summed E-state index contributed by atoms with van der Waals surface area (Å²) in [7, 11) is -0.665. The maximum Gasteiger partial charge on any atom is 0.246 e. The van der Waals surface area contributed by atoms with Gasteiger partial charge < -0.3 is 14.6 Å². The summed E-state index contributed by atoms with van der Waals surface area (Å²) in [6, 6.07) is 14.8. The van der Waals surface area contributed by atoms with E-state index in [1.807, 2.05) is 0 Å². The maximum atomic E-state index is 12.8. The normalized spacial score (nSPS) is 12.5. The van der Waals surface area contributed by atoms with Crippen molar-refractivity contribution in [3.05, 3.63) is 66.1 Å². The number of nitrogens with one attached hydrogen (secondary N) is 1. The second-order valence-corrected chi connectivity index (χ2v) is 8.59. The van der Waals surface area contributed by atoms with E-state index in [0.717, 1.165) is 16.1 Å². The first-order chi connectivity index (χ1) is 14.3. The van der Waals surface area contributed by atoms with E-state index < -0.39 is 22.0 Å². The van der Waals surface area contributed by atoms with Crippen molar-refractivity contribution in [2.75, 3.05) is 20.4 Å². The number of methoxy groups -OCH3 is 1. The molecule has 1 amide bonds. The first-order valence-corrected chi connectivity index (χ1v) is 10.9. The van der Waals surface area contributed by atoms with Crippen molar-refractivity contribution < 1.29 is 22.5 Å². The van der Waals surface area contributed by atoms with Crippen LogP contribution in [0.1, 0.15) is 17.5 Å². The molecule has 1 unspecified atom stereocenters. The van der Waals surface area contributed by atoms with Crippen LogP contribution in [0.3, 0.4) is 0 Å². The lowest BCUT2D eigenvalue weighted by Crippen LogP contribution is -2.41. The minimum atomic E-state index is -3.61. The van der Waals surface area contributed by atoms with Crippen LogP contribution >= 0.6 is 0 Å². The van der Waals surface area contributed by atoms with Crippen molar-refractivity contribution in [3.8, 4) is 17.1 Å². The molecule has 10 heteroatoms. The summed E-state index contributed by atoms with van der Waals surface area (Å²) >= 11 is 0. The third-order valence-corrected chi connectivity index (χ3v) is 5.74. The maximum absolute atomic E-state index is 12.8. The predicted octanol–water partition coefficient (Wildman–Crippen LogP) is 1.99. The SMILES string of the molecule is COc1ccc(-c2noc(CNC(=O)C(c3ccccc3)N(C)S(C)(=O)=O)n2)cc1. The molecule has 3 aromatic rings. The topological polar surface area (TPSA) is 115 Å². The Hall–Kier alpha value is -3.24. The van der Waals surface area contributed by atoms with Gasteiger partial charge in [-0.2, -0.15) is 9.29 Å². The zero-order valence-corrected chi connectivity index (χ0v) is 17.6. The number of aromatic nitrogens is 2. The van der Waals surface area contributed by atoms with Crippen LogP contribution < -0.4 is 10.1 Å². The molecule has 30 heavy (non-hydrogen) atoms. The van der Waals surface area contributed by atoms with Crippen LogP contribution in [0.2, 0.25) is 0 Å². The van der Waals surface area contributed by atoms with E-state index >= 15 is 0 Å². The Morgan fingerprint density at radius 2 is 1.83 bits per heavy atom. The number of sulfonamides is 1. The molecule has 1 atom stereocenters. The van der Waals surface area contributed by atoms with Crippen LogP contribution in [0.4, 0.5) is 0 Å². The van der Waals surface area contributed by atoms with E-state index in [1.165, 1.54) is 7.05 Å². The lowest BCUT2D eigenvalue weighted by molar-refractivity contribution is -0.125. The number of hydrogen-bond donors (Lipinski definition) is 1. The molecule has 0 fully saturated rings. The fraction of sp³-hybridized carbons (Fsp3) is 0.250. The Bertz CT molecular complexity index is 1100. The van der Waals surface area contributed by atoms with Crippen LogP contribution in [-0.2, 0) is 21.4 Å². The quantitative estimate of drug-likeness (QED) is 0.581. The van der Waals surface area contributed by atoms with Crippen LogP contribution in [0.25, 0.3) is 11.4 Å². The molecule has 0 bridgehead atoms. The number of likely N-dealkylation sites (N-methyl/N-ethyl adjacent to an activating group) is 1. The Morgan fingerprint density at radius 1 is 1.17 bits per heavy atom. The number of ether oxygens (including phenoxy) is 1. The molecule has 3 rings (SSSR count). The lowest BCUT2D eigenvalue weighted by atomic mass is 10.1. The Kier molecular flexibility index (Phi) is 6.48. The number of amides is 1. The number of hydrogen-bond acceptors (Lipinski definition) is 7. The van der Waals surface area contributed by atoms with E-state index in [4.69, 9.17) is 9.26 Å². The first-order valence-electron chi connectivity index (χ1n) is 9.02. The molecule has 0 aliphatic heterocycles. The molecular weight excluding hydrogens is 408 g/mol. The van der Waals surface area contributed by atoms with Gasteiger partial charge >= 0.3 is 0 Å². The monoisotopic (exact) mass is 430 g/mol. The van der Waals surface area contributed by atoms with Gasteiger partial charge in [-0.25, -0.2) is 8.42 Å². The largest absolute Gasteiger partial charge is 0.497 e.